The maximum absolute atomic E-state index is 14.0. The van der Waals surface area contributed by atoms with Crippen molar-refractivity contribution in [2.24, 2.45) is 17.4 Å². The Hall–Kier alpha value is -2.19. The lowest BCUT2D eigenvalue weighted by molar-refractivity contribution is -0.138. The van der Waals surface area contributed by atoms with Crippen molar-refractivity contribution < 1.29 is 4.79 Å². The fraction of sp³-hybridized carbons (Fsp3) is 0.541. The summed E-state index contributed by atoms with van der Waals surface area (Å²) in [4.78, 5) is 18.8. The average molecular weight is 655 g/mol. The number of rotatable bonds is 17. The Morgan fingerprint density at radius 2 is 1.71 bits per heavy atom. The van der Waals surface area contributed by atoms with Gasteiger partial charge in [-0.25, -0.2) is 0 Å². The second-order valence-corrected chi connectivity index (χ2v) is 14.1. The van der Waals surface area contributed by atoms with Gasteiger partial charge in [0.25, 0.3) is 0 Å². The molecule has 0 saturated carbocycles. The van der Waals surface area contributed by atoms with Crippen LogP contribution in [0.3, 0.4) is 0 Å². The van der Waals surface area contributed by atoms with Crippen molar-refractivity contribution in [2.75, 3.05) is 39.3 Å². The van der Waals surface area contributed by atoms with Crippen molar-refractivity contribution in [3.05, 3.63) is 81.8 Å². The Bertz CT molecular complexity index is 1350. The highest BCUT2D eigenvalue weighted by molar-refractivity contribution is 6.35. The Labute approximate surface area is 280 Å². The number of amides is 1. The molecule has 45 heavy (non-hydrogen) atoms. The molecule has 1 unspecified atom stereocenters. The summed E-state index contributed by atoms with van der Waals surface area (Å²) in [6.07, 6.45) is 7.55. The van der Waals surface area contributed by atoms with E-state index in [1.807, 2.05) is 12.1 Å². The number of nitrogens with zero attached hydrogens (tertiary/aromatic N) is 2. The normalized spacial score (nSPS) is 18.2. The van der Waals surface area contributed by atoms with Crippen molar-refractivity contribution in [2.45, 2.75) is 83.3 Å². The van der Waals surface area contributed by atoms with Crippen LogP contribution in [0.4, 0.5) is 0 Å². The maximum atomic E-state index is 14.0. The molecular formula is C37H53Cl2N5O. The van der Waals surface area contributed by atoms with Gasteiger partial charge in [0.2, 0.25) is 5.91 Å². The molecule has 3 aromatic carbocycles. The lowest BCUT2D eigenvalue weighted by atomic mass is 9.94. The molecule has 3 aromatic rings. The summed E-state index contributed by atoms with van der Waals surface area (Å²) >= 11 is 12.6. The number of halogens is 2. The molecule has 1 fully saturated rings. The second kappa shape index (κ2) is 18.2. The zero-order valence-electron chi connectivity index (χ0n) is 27.2. The number of hydrogen-bond acceptors (Lipinski definition) is 5. The molecule has 0 spiro atoms. The van der Waals surface area contributed by atoms with Gasteiger partial charge in [0.05, 0.1) is 6.42 Å². The standard InChI is InChI=1S/C37H53Cl2N5O/c1-27(2)19-35-25-43(24-33(41)22-31-14-15-32(38)23-36(31)39)34(11-8-18-42-17-7-3-6-16-40)26-44(35)37(45)21-28-12-13-29-9-4-5-10-30(29)20-28/h4-5,9-10,12-15,20,23,27,33-35,42H,3,6-8,11,16-19,21-22,24-26,40-41H2,1-2H3/t33?,34-,35+/m0/s1. The number of carbonyl (C=O) groups is 1. The summed E-state index contributed by atoms with van der Waals surface area (Å²) in [7, 11) is 0. The third kappa shape index (κ3) is 11.2. The molecule has 1 aliphatic heterocycles. The minimum absolute atomic E-state index is 0.0774. The van der Waals surface area contributed by atoms with E-state index < -0.39 is 0 Å². The lowest BCUT2D eigenvalue weighted by Gasteiger charge is -2.48. The zero-order chi connectivity index (χ0) is 32.2. The Morgan fingerprint density at radius 3 is 2.47 bits per heavy atom. The third-order valence-corrected chi connectivity index (χ3v) is 9.54. The monoisotopic (exact) mass is 653 g/mol. The molecule has 8 heteroatoms. The molecule has 1 aliphatic rings. The number of piperazine rings is 1. The van der Waals surface area contributed by atoms with E-state index in [4.69, 9.17) is 34.7 Å². The minimum Gasteiger partial charge on any atom is -0.337 e. The SMILES string of the molecule is CC(C)C[C@@H]1CN(CC(N)Cc2ccc(Cl)cc2Cl)[C@@H](CCCNCCCCCN)CN1C(=O)Cc1ccc2ccccc2c1. The maximum Gasteiger partial charge on any atom is 0.227 e. The van der Waals surface area contributed by atoms with Crippen LogP contribution < -0.4 is 16.8 Å². The van der Waals surface area contributed by atoms with Gasteiger partial charge in [-0.1, -0.05) is 92.0 Å². The fourth-order valence-electron chi connectivity index (χ4n) is 6.68. The van der Waals surface area contributed by atoms with Gasteiger partial charge in [0, 0.05) is 47.8 Å². The topological polar surface area (TPSA) is 87.6 Å². The summed E-state index contributed by atoms with van der Waals surface area (Å²) in [5.74, 6) is 0.699. The molecule has 0 aliphatic carbocycles. The Kier molecular flexibility index (Phi) is 14.4. The predicted octanol–water partition coefficient (Wildman–Crippen LogP) is 6.69. The largest absolute Gasteiger partial charge is 0.337 e. The van der Waals surface area contributed by atoms with Gasteiger partial charge < -0.3 is 21.7 Å². The first-order valence-corrected chi connectivity index (χ1v) is 17.6. The smallest absolute Gasteiger partial charge is 0.227 e. The van der Waals surface area contributed by atoms with E-state index in [2.05, 4.69) is 71.4 Å². The molecule has 246 valence electrons. The van der Waals surface area contributed by atoms with Crippen LogP contribution in [-0.2, 0) is 17.6 Å². The highest BCUT2D eigenvalue weighted by atomic mass is 35.5. The quantitative estimate of drug-likeness (QED) is 0.141. The van der Waals surface area contributed by atoms with Crippen LogP contribution in [0, 0.1) is 5.92 Å². The highest BCUT2D eigenvalue weighted by Crippen LogP contribution is 2.27. The highest BCUT2D eigenvalue weighted by Gasteiger charge is 2.36. The molecule has 4 rings (SSSR count). The summed E-state index contributed by atoms with van der Waals surface area (Å²) < 4.78 is 0. The summed E-state index contributed by atoms with van der Waals surface area (Å²) in [5.41, 5.74) is 14.5. The van der Waals surface area contributed by atoms with Crippen molar-refractivity contribution in [1.29, 1.82) is 0 Å². The minimum atomic E-state index is -0.0774. The van der Waals surface area contributed by atoms with Gasteiger partial charge in [0.1, 0.15) is 0 Å². The average Bonchev–Trinajstić information content (AvgIpc) is 3.00. The van der Waals surface area contributed by atoms with Gasteiger partial charge in [-0.15, -0.1) is 0 Å². The Balaban J connectivity index is 1.46. The number of fused-ring (bicyclic) bond motifs is 1. The third-order valence-electron chi connectivity index (χ3n) is 8.96. The number of benzene rings is 3. The van der Waals surface area contributed by atoms with Crippen molar-refractivity contribution in [1.82, 2.24) is 15.1 Å². The van der Waals surface area contributed by atoms with Crippen LogP contribution in [0.1, 0.15) is 63.5 Å². The first-order chi connectivity index (χ1) is 21.7. The fourth-order valence-corrected chi connectivity index (χ4v) is 7.16. The van der Waals surface area contributed by atoms with E-state index in [9.17, 15) is 4.79 Å². The van der Waals surface area contributed by atoms with Crippen LogP contribution in [-0.4, -0.2) is 73.1 Å². The molecule has 0 bridgehead atoms. The first-order valence-electron chi connectivity index (χ1n) is 16.8. The molecule has 3 atom stereocenters. The summed E-state index contributed by atoms with van der Waals surface area (Å²) in [6, 6.07) is 20.7. The van der Waals surface area contributed by atoms with Crippen LogP contribution in [0.2, 0.25) is 10.0 Å². The van der Waals surface area contributed by atoms with Crippen LogP contribution in [0.5, 0.6) is 0 Å². The number of unbranched alkanes of at least 4 members (excludes halogenated alkanes) is 2. The molecule has 1 heterocycles. The number of carbonyl (C=O) groups excluding carboxylic acids is 1. The van der Waals surface area contributed by atoms with E-state index in [0.29, 0.717) is 28.8 Å². The number of hydrogen-bond donors (Lipinski definition) is 3. The van der Waals surface area contributed by atoms with E-state index in [1.54, 1.807) is 6.07 Å². The van der Waals surface area contributed by atoms with Crippen LogP contribution in [0.25, 0.3) is 10.8 Å². The number of nitrogens with two attached hydrogens (primary N) is 2. The molecule has 6 nitrogen and oxygen atoms in total. The Morgan fingerprint density at radius 1 is 0.933 bits per heavy atom. The molecule has 1 saturated heterocycles. The summed E-state index contributed by atoms with van der Waals surface area (Å²) in [6.45, 7) is 9.57. The zero-order valence-corrected chi connectivity index (χ0v) is 28.7. The van der Waals surface area contributed by atoms with Crippen molar-refractivity contribution >= 4 is 39.9 Å². The van der Waals surface area contributed by atoms with E-state index in [0.717, 1.165) is 82.5 Å². The van der Waals surface area contributed by atoms with Gasteiger partial charge in [-0.05, 0) is 98.1 Å². The van der Waals surface area contributed by atoms with Crippen LogP contribution >= 0.6 is 23.2 Å². The summed E-state index contributed by atoms with van der Waals surface area (Å²) in [5, 5.41) is 7.27. The van der Waals surface area contributed by atoms with Gasteiger partial charge in [0.15, 0.2) is 0 Å². The molecule has 0 aromatic heterocycles. The first kappa shape index (κ1) is 35.7. The molecule has 5 N–H and O–H groups in total. The van der Waals surface area contributed by atoms with E-state index in [-0.39, 0.29) is 24.0 Å². The predicted molar refractivity (Wildman–Crippen MR) is 191 cm³/mol. The van der Waals surface area contributed by atoms with E-state index >= 15 is 0 Å². The van der Waals surface area contributed by atoms with E-state index in [1.165, 1.54) is 17.2 Å². The van der Waals surface area contributed by atoms with Crippen molar-refractivity contribution in [3.8, 4) is 0 Å². The van der Waals surface area contributed by atoms with Crippen molar-refractivity contribution in [3.63, 3.8) is 0 Å². The molecule has 1 amide bonds. The molecular weight excluding hydrogens is 601 g/mol. The van der Waals surface area contributed by atoms with Crippen LogP contribution in [0.15, 0.2) is 60.7 Å². The lowest BCUT2D eigenvalue weighted by Crippen LogP contribution is -2.62. The van der Waals surface area contributed by atoms with Gasteiger partial charge in [-0.3, -0.25) is 9.69 Å². The van der Waals surface area contributed by atoms with Gasteiger partial charge >= 0.3 is 0 Å². The number of nitrogens with one attached hydrogen (secondary N) is 1. The molecule has 0 radical (unpaired) electrons. The second-order valence-electron chi connectivity index (χ2n) is 13.2. The van der Waals surface area contributed by atoms with Gasteiger partial charge in [-0.2, -0.15) is 0 Å².